The number of carbonyl (C=O) groups excluding carboxylic acids is 4. The number of hydrogen-bond acceptors (Lipinski definition) is 12. The fourth-order valence-corrected chi connectivity index (χ4v) is 9.47. The van der Waals surface area contributed by atoms with Crippen LogP contribution < -0.4 is 31.1 Å². The van der Waals surface area contributed by atoms with Gasteiger partial charge < -0.3 is 40.7 Å². The topological polar surface area (TPSA) is 197 Å². The quantitative estimate of drug-likeness (QED) is 0.221. The number of nitrogens with two attached hydrogens (primary N) is 1. The Balaban J connectivity index is 0.844. The Kier molecular flexibility index (Phi) is 11.8. The molecule has 0 spiro atoms. The van der Waals surface area contributed by atoms with E-state index < -0.39 is 5.91 Å². The van der Waals surface area contributed by atoms with E-state index in [-0.39, 0.29) is 42.1 Å². The van der Waals surface area contributed by atoms with E-state index >= 15 is 0 Å². The van der Waals surface area contributed by atoms with E-state index in [2.05, 4.69) is 48.8 Å². The van der Waals surface area contributed by atoms with E-state index in [4.69, 9.17) is 10.7 Å². The first kappa shape index (κ1) is 40.2. The van der Waals surface area contributed by atoms with Gasteiger partial charge >= 0.3 is 12.1 Å². The summed E-state index contributed by atoms with van der Waals surface area (Å²) in [6.45, 7) is 10.0. The van der Waals surface area contributed by atoms with Crippen LogP contribution in [-0.4, -0.2) is 137 Å². The van der Waals surface area contributed by atoms with E-state index in [1.54, 1.807) is 9.80 Å². The van der Waals surface area contributed by atoms with Gasteiger partial charge in [-0.05, 0) is 106 Å². The van der Waals surface area contributed by atoms with Gasteiger partial charge in [0.1, 0.15) is 0 Å². The van der Waals surface area contributed by atoms with Gasteiger partial charge in [0.15, 0.2) is 11.5 Å². The molecule has 2 aromatic carbocycles. The minimum Gasteiger partial charge on any atom is -0.392 e. The van der Waals surface area contributed by atoms with Crippen molar-refractivity contribution in [3.8, 4) is 0 Å². The number of rotatable bonds is 11. The number of nitrogens with one attached hydrogen (secondary N) is 2. The van der Waals surface area contributed by atoms with Gasteiger partial charge in [-0.2, -0.15) is 4.98 Å². The number of piperidine rings is 3. The molecule has 0 saturated carbocycles. The van der Waals surface area contributed by atoms with Gasteiger partial charge in [-0.1, -0.05) is 12.1 Å². The number of primary amides is 1. The van der Waals surface area contributed by atoms with Crippen LogP contribution >= 0.6 is 0 Å². The monoisotopic (exact) mass is 808 g/mol. The molecular weight excluding hydrogens is 753 g/mol. The van der Waals surface area contributed by atoms with Crippen LogP contribution in [0.15, 0.2) is 36.4 Å². The summed E-state index contributed by atoms with van der Waals surface area (Å²) in [4.78, 5) is 66.2. The summed E-state index contributed by atoms with van der Waals surface area (Å²) in [6, 6.07) is 12.0. The maximum absolute atomic E-state index is 12.7. The van der Waals surface area contributed by atoms with Crippen LogP contribution in [0.25, 0.3) is 0 Å². The second kappa shape index (κ2) is 17.4. The fraction of sp³-hybridized carbons (Fsp3) is 0.548. The van der Waals surface area contributed by atoms with Gasteiger partial charge in [0, 0.05) is 88.5 Å². The van der Waals surface area contributed by atoms with Crippen molar-refractivity contribution in [1.82, 2.24) is 35.2 Å². The number of benzene rings is 2. The highest BCUT2D eigenvalue weighted by atomic mass is 16.3. The largest absolute Gasteiger partial charge is 0.392 e. The normalized spacial score (nSPS) is 21.4. The zero-order valence-corrected chi connectivity index (χ0v) is 34.1. The number of aliphatic hydroxyl groups excluding tert-OH is 1. The molecular formula is C42H56N12O5. The minimum atomic E-state index is -0.757. The van der Waals surface area contributed by atoms with Gasteiger partial charge in [-0.3, -0.25) is 19.8 Å². The van der Waals surface area contributed by atoms with E-state index in [0.717, 1.165) is 82.5 Å². The van der Waals surface area contributed by atoms with Crippen LogP contribution in [0.4, 0.5) is 38.4 Å². The first-order valence-corrected chi connectivity index (χ1v) is 21.1. The second-order valence-electron chi connectivity index (χ2n) is 16.7. The molecule has 8 rings (SSSR count). The van der Waals surface area contributed by atoms with Crippen molar-refractivity contribution in [2.45, 2.75) is 70.4 Å². The van der Waals surface area contributed by atoms with Crippen molar-refractivity contribution >= 4 is 52.7 Å². The zero-order chi connectivity index (χ0) is 41.2. The van der Waals surface area contributed by atoms with Gasteiger partial charge in [-0.25, -0.2) is 9.59 Å². The molecule has 5 aliphatic rings. The maximum atomic E-state index is 12.7. The molecule has 0 bridgehead atoms. The summed E-state index contributed by atoms with van der Waals surface area (Å²) in [6.07, 6.45) is 6.39. The van der Waals surface area contributed by atoms with Crippen molar-refractivity contribution in [3.63, 3.8) is 0 Å². The van der Waals surface area contributed by atoms with E-state index in [1.807, 2.05) is 42.0 Å². The molecule has 6 amide bonds. The SMILES string of the molecule is Cc1cc(N2CCC(CN3CCC(c4ccc(Nc5nc(N6CCC[C@@H](N7CCN(C)C7=O)C6)nnc5C(N)=O)c(CO)c4)CC3)CC2)ccc1N1CCC(=O)NC1=O. The number of anilines is 5. The summed E-state index contributed by atoms with van der Waals surface area (Å²) >= 11 is 0. The summed E-state index contributed by atoms with van der Waals surface area (Å²) in [5, 5.41) is 24.6. The van der Waals surface area contributed by atoms with Crippen LogP contribution in [0, 0.1) is 12.8 Å². The number of likely N-dealkylation sites (N-methyl/N-ethyl adjacent to an activating group) is 1. The molecule has 5 N–H and O–H groups in total. The van der Waals surface area contributed by atoms with Crippen molar-refractivity contribution in [2.75, 3.05) is 92.5 Å². The Labute approximate surface area is 344 Å². The van der Waals surface area contributed by atoms with Crippen molar-refractivity contribution in [1.29, 1.82) is 0 Å². The number of amides is 6. The molecule has 0 unspecified atom stereocenters. The van der Waals surface area contributed by atoms with Crippen molar-refractivity contribution in [3.05, 3.63) is 58.8 Å². The smallest absolute Gasteiger partial charge is 0.328 e. The van der Waals surface area contributed by atoms with E-state index in [9.17, 15) is 24.3 Å². The summed E-state index contributed by atoms with van der Waals surface area (Å²) < 4.78 is 0. The average molecular weight is 809 g/mol. The molecule has 314 valence electrons. The van der Waals surface area contributed by atoms with Crippen LogP contribution in [0.3, 0.4) is 0 Å². The molecule has 5 aliphatic heterocycles. The predicted octanol–water partition coefficient (Wildman–Crippen LogP) is 3.39. The third-order valence-electron chi connectivity index (χ3n) is 12.9. The van der Waals surface area contributed by atoms with Crippen LogP contribution in [0.1, 0.15) is 78.0 Å². The molecule has 59 heavy (non-hydrogen) atoms. The highest BCUT2D eigenvalue weighted by Crippen LogP contribution is 2.34. The number of aromatic nitrogens is 3. The summed E-state index contributed by atoms with van der Waals surface area (Å²) in [5.41, 5.74) is 11.2. The highest BCUT2D eigenvalue weighted by Gasteiger charge is 2.35. The standard InChI is InChI=1S/C42H56N12O5/c1-27-22-32(6-8-35(27)54-19-13-36(56)45-41(54)58)51-17-9-28(10-18-51)24-50-15-11-29(12-16-50)30-5-7-34(31(23-30)26-55)44-39-37(38(43)57)47-48-40(46-39)52-14-3-4-33(25-52)53-21-20-49(2)42(53)59/h5-8,22-23,28-29,33,55H,3-4,9-21,24-26H2,1-2H3,(H2,43,57)(H,44,46,48)(H,45,56,58)/t33-/m1/s1. The van der Waals surface area contributed by atoms with Gasteiger partial charge in [0.2, 0.25) is 11.9 Å². The van der Waals surface area contributed by atoms with Crippen molar-refractivity contribution < 1.29 is 24.3 Å². The third kappa shape index (κ3) is 8.76. The lowest BCUT2D eigenvalue weighted by atomic mass is 9.87. The number of imide groups is 1. The summed E-state index contributed by atoms with van der Waals surface area (Å²) in [7, 11) is 1.82. The molecule has 5 saturated heterocycles. The second-order valence-corrected chi connectivity index (χ2v) is 16.7. The van der Waals surface area contributed by atoms with Crippen LogP contribution in [-0.2, 0) is 11.4 Å². The average Bonchev–Trinajstić information content (AvgIpc) is 3.58. The van der Waals surface area contributed by atoms with Crippen LogP contribution in [0.2, 0.25) is 0 Å². The third-order valence-corrected chi connectivity index (χ3v) is 12.9. The van der Waals surface area contributed by atoms with Gasteiger partial charge in [-0.15, -0.1) is 10.2 Å². The molecule has 17 heteroatoms. The van der Waals surface area contributed by atoms with E-state index in [1.165, 1.54) is 11.3 Å². The minimum absolute atomic E-state index is 0.0323. The molecule has 3 aromatic rings. The number of aliphatic hydroxyl groups is 1. The number of likely N-dealkylation sites (tertiary alicyclic amines) is 1. The molecule has 1 aromatic heterocycles. The Morgan fingerprint density at radius 2 is 1.71 bits per heavy atom. The zero-order valence-electron chi connectivity index (χ0n) is 34.1. The molecule has 1 atom stereocenters. The first-order valence-electron chi connectivity index (χ1n) is 21.1. The van der Waals surface area contributed by atoms with E-state index in [0.29, 0.717) is 68.2 Å². The molecule has 17 nitrogen and oxygen atoms in total. The lowest BCUT2D eigenvalue weighted by Gasteiger charge is -2.39. The fourth-order valence-electron chi connectivity index (χ4n) is 9.47. The lowest BCUT2D eigenvalue weighted by molar-refractivity contribution is -0.120. The molecule has 0 aliphatic carbocycles. The Bertz CT molecular complexity index is 2070. The number of nitrogens with zero attached hydrogens (tertiary/aromatic N) is 9. The number of carbonyl (C=O) groups is 4. The van der Waals surface area contributed by atoms with Crippen LogP contribution in [0.5, 0.6) is 0 Å². The number of urea groups is 2. The Morgan fingerprint density at radius 3 is 2.41 bits per heavy atom. The molecule has 5 fully saturated rings. The molecule has 6 heterocycles. The molecule has 0 radical (unpaired) electrons. The summed E-state index contributed by atoms with van der Waals surface area (Å²) in [5.74, 6) is 0.562. The van der Waals surface area contributed by atoms with Gasteiger partial charge in [0.05, 0.1) is 12.6 Å². The Hall–Kier alpha value is -5.55. The predicted molar refractivity (Wildman–Crippen MR) is 224 cm³/mol. The number of aryl methyl sites for hydroxylation is 1. The maximum Gasteiger partial charge on any atom is 0.328 e. The lowest BCUT2D eigenvalue weighted by Crippen LogP contribution is -2.49. The Morgan fingerprint density at radius 1 is 0.915 bits per heavy atom. The first-order chi connectivity index (χ1) is 28.5. The van der Waals surface area contributed by atoms with Gasteiger partial charge in [0.25, 0.3) is 5.91 Å². The van der Waals surface area contributed by atoms with Crippen molar-refractivity contribution in [2.24, 2.45) is 11.7 Å². The highest BCUT2D eigenvalue weighted by molar-refractivity contribution is 6.06. The number of hydrogen-bond donors (Lipinski definition) is 4.